The van der Waals surface area contributed by atoms with Crippen LogP contribution >= 0.6 is 0 Å². The van der Waals surface area contributed by atoms with E-state index in [1.807, 2.05) is 24.4 Å². The van der Waals surface area contributed by atoms with Crippen LogP contribution in [0.1, 0.15) is 16.8 Å². The quantitative estimate of drug-likeness (QED) is 0.907. The number of amides is 1. The topological polar surface area (TPSA) is 62.5 Å². The number of carbonyl (C=O) groups is 1. The lowest BCUT2D eigenvalue weighted by molar-refractivity contribution is 0.100. The van der Waals surface area contributed by atoms with Gasteiger partial charge in [0.15, 0.2) is 0 Å². The first kappa shape index (κ1) is 13.8. The third kappa shape index (κ3) is 2.83. The molecule has 0 aliphatic carbocycles. The Labute approximate surface area is 124 Å². The van der Waals surface area contributed by atoms with Gasteiger partial charge in [0.1, 0.15) is 0 Å². The van der Waals surface area contributed by atoms with E-state index in [1.165, 1.54) is 0 Å². The summed E-state index contributed by atoms with van der Waals surface area (Å²) < 4.78 is 0. The fourth-order valence-corrected chi connectivity index (χ4v) is 2.85. The average Bonchev–Trinajstić information content (AvgIpc) is 2.70. The highest BCUT2D eigenvalue weighted by atomic mass is 16.1. The molecule has 1 fully saturated rings. The van der Waals surface area contributed by atoms with Gasteiger partial charge < -0.3 is 15.5 Å². The molecule has 0 saturated carbocycles. The van der Waals surface area contributed by atoms with Gasteiger partial charge in [-0.1, -0.05) is 0 Å². The Morgan fingerprint density at radius 1 is 1.19 bits per heavy atom. The number of aromatic nitrogens is 1. The van der Waals surface area contributed by atoms with Gasteiger partial charge in [-0.2, -0.15) is 0 Å². The smallest absolute Gasteiger partial charge is 0.248 e. The predicted molar refractivity (Wildman–Crippen MR) is 84.6 cm³/mol. The molecule has 1 aliphatic rings. The molecule has 0 radical (unpaired) electrons. The maximum atomic E-state index is 11.4. The molecule has 2 aromatic rings. The first-order valence-electron chi connectivity index (χ1n) is 7.27. The molecule has 110 valence electrons. The van der Waals surface area contributed by atoms with Crippen molar-refractivity contribution in [3.05, 3.63) is 36.0 Å². The molecule has 5 nitrogen and oxygen atoms in total. The Balaban J connectivity index is 2.04. The van der Waals surface area contributed by atoms with Gasteiger partial charge in [-0.15, -0.1) is 0 Å². The highest BCUT2D eigenvalue weighted by Crippen LogP contribution is 2.27. The first-order valence-corrected chi connectivity index (χ1v) is 7.27. The van der Waals surface area contributed by atoms with E-state index in [2.05, 4.69) is 21.8 Å². The molecule has 2 heterocycles. The number of likely N-dealkylation sites (N-methyl/N-ethyl adjacent to an activating group) is 1. The Morgan fingerprint density at radius 2 is 2.05 bits per heavy atom. The van der Waals surface area contributed by atoms with Crippen molar-refractivity contribution < 1.29 is 4.79 Å². The number of anilines is 1. The largest absolute Gasteiger partial charge is 0.370 e. The van der Waals surface area contributed by atoms with E-state index in [-0.39, 0.29) is 0 Å². The van der Waals surface area contributed by atoms with E-state index >= 15 is 0 Å². The summed E-state index contributed by atoms with van der Waals surface area (Å²) in [5.74, 6) is -0.401. The maximum absolute atomic E-state index is 11.4. The normalized spacial score (nSPS) is 16.9. The molecular weight excluding hydrogens is 264 g/mol. The van der Waals surface area contributed by atoms with Crippen molar-refractivity contribution in [2.45, 2.75) is 6.42 Å². The van der Waals surface area contributed by atoms with Crippen LogP contribution < -0.4 is 10.6 Å². The van der Waals surface area contributed by atoms with Gasteiger partial charge in [-0.25, -0.2) is 0 Å². The molecule has 0 atom stereocenters. The molecule has 0 spiro atoms. The molecular formula is C16H20N4O. The van der Waals surface area contributed by atoms with Gasteiger partial charge in [0, 0.05) is 42.5 Å². The van der Waals surface area contributed by atoms with Crippen molar-refractivity contribution in [2.75, 3.05) is 38.1 Å². The van der Waals surface area contributed by atoms with Gasteiger partial charge in [0.2, 0.25) is 5.91 Å². The second kappa shape index (κ2) is 5.69. The van der Waals surface area contributed by atoms with E-state index < -0.39 is 5.91 Å². The zero-order valence-electron chi connectivity index (χ0n) is 12.2. The van der Waals surface area contributed by atoms with Crippen LogP contribution in [0.15, 0.2) is 30.5 Å². The fraction of sp³-hybridized carbons (Fsp3) is 0.375. The van der Waals surface area contributed by atoms with E-state index in [1.54, 1.807) is 6.07 Å². The van der Waals surface area contributed by atoms with Gasteiger partial charge in [-0.05, 0) is 44.3 Å². The zero-order valence-corrected chi connectivity index (χ0v) is 12.2. The number of nitrogens with two attached hydrogens (primary N) is 1. The Morgan fingerprint density at radius 3 is 2.86 bits per heavy atom. The van der Waals surface area contributed by atoms with Crippen LogP contribution in [0.25, 0.3) is 10.9 Å². The second-order valence-corrected chi connectivity index (χ2v) is 5.57. The Hall–Kier alpha value is -2.14. The molecule has 3 rings (SSSR count). The molecule has 5 heteroatoms. The monoisotopic (exact) mass is 284 g/mol. The van der Waals surface area contributed by atoms with Crippen molar-refractivity contribution in [2.24, 2.45) is 5.73 Å². The molecule has 1 saturated heterocycles. The number of nitrogens with zero attached hydrogens (tertiary/aromatic N) is 3. The molecule has 1 aromatic heterocycles. The Kier molecular flexibility index (Phi) is 3.75. The molecule has 1 aliphatic heterocycles. The zero-order chi connectivity index (χ0) is 14.8. The Bertz CT molecular complexity index is 670. The minimum atomic E-state index is -0.401. The number of carbonyl (C=O) groups excluding carboxylic acids is 1. The van der Waals surface area contributed by atoms with Crippen molar-refractivity contribution in [1.29, 1.82) is 0 Å². The summed E-state index contributed by atoms with van der Waals surface area (Å²) in [6.07, 6.45) is 2.96. The molecule has 2 N–H and O–H groups in total. The molecule has 1 aromatic carbocycles. The molecule has 0 bridgehead atoms. The minimum Gasteiger partial charge on any atom is -0.370 e. The van der Waals surface area contributed by atoms with Crippen molar-refractivity contribution >= 4 is 22.5 Å². The van der Waals surface area contributed by atoms with Crippen LogP contribution in [0.4, 0.5) is 5.69 Å². The van der Waals surface area contributed by atoms with Crippen LogP contribution in [-0.2, 0) is 0 Å². The number of primary amides is 1. The molecule has 21 heavy (non-hydrogen) atoms. The summed E-state index contributed by atoms with van der Waals surface area (Å²) in [5, 5.41) is 0.998. The standard InChI is InChI=1S/C16H20N4O/c1-19-7-2-8-20(10-9-19)15-5-6-18-14-4-3-12(16(17)21)11-13(14)15/h3-6,11H,2,7-10H2,1H3,(H2,17,21). The van der Waals surface area contributed by atoms with Gasteiger partial charge in [-0.3, -0.25) is 9.78 Å². The lowest BCUT2D eigenvalue weighted by Crippen LogP contribution is -2.28. The van der Waals surface area contributed by atoms with Crippen LogP contribution in [0, 0.1) is 0 Å². The molecule has 0 unspecified atom stereocenters. The van der Waals surface area contributed by atoms with Crippen LogP contribution in [0.3, 0.4) is 0 Å². The number of fused-ring (bicyclic) bond motifs is 1. The molecule has 1 amide bonds. The number of rotatable bonds is 2. The van der Waals surface area contributed by atoms with E-state index in [0.717, 1.165) is 49.2 Å². The van der Waals surface area contributed by atoms with Crippen LogP contribution in [-0.4, -0.2) is 49.0 Å². The minimum absolute atomic E-state index is 0.401. The lowest BCUT2D eigenvalue weighted by atomic mass is 10.1. The van der Waals surface area contributed by atoms with Gasteiger partial charge >= 0.3 is 0 Å². The van der Waals surface area contributed by atoms with E-state index in [9.17, 15) is 4.79 Å². The van der Waals surface area contributed by atoms with Crippen molar-refractivity contribution in [3.8, 4) is 0 Å². The SMILES string of the molecule is CN1CCCN(c2ccnc3ccc(C(N)=O)cc23)CC1. The number of pyridine rings is 1. The van der Waals surface area contributed by atoms with Crippen molar-refractivity contribution in [1.82, 2.24) is 9.88 Å². The summed E-state index contributed by atoms with van der Waals surface area (Å²) in [5.41, 5.74) is 7.96. The lowest BCUT2D eigenvalue weighted by Gasteiger charge is -2.24. The van der Waals surface area contributed by atoms with E-state index in [0.29, 0.717) is 5.56 Å². The fourth-order valence-electron chi connectivity index (χ4n) is 2.85. The third-order valence-corrected chi connectivity index (χ3v) is 4.06. The summed E-state index contributed by atoms with van der Waals surface area (Å²) in [4.78, 5) is 20.5. The summed E-state index contributed by atoms with van der Waals surface area (Å²) in [6.45, 7) is 4.16. The number of hydrogen-bond donors (Lipinski definition) is 1. The second-order valence-electron chi connectivity index (χ2n) is 5.57. The maximum Gasteiger partial charge on any atom is 0.248 e. The predicted octanol–water partition coefficient (Wildman–Crippen LogP) is 1.48. The van der Waals surface area contributed by atoms with E-state index in [4.69, 9.17) is 5.73 Å². The van der Waals surface area contributed by atoms with Gasteiger partial charge in [0.05, 0.1) is 5.52 Å². The number of hydrogen-bond acceptors (Lipinski definition) is 4. The summed E-state index contributed by atoms with van der Waals surface area (Å²) in [6, 6.07) is 7.48. The highest BCUT2D eigenvalue weighted by Gasteiger charge is 2.15. The number of benzene rings is 1. The summed E-state index contributed by atoms with van der Waals surface area (Å²) in [7, 11) is 2.15. The highest BCUT2D eigenvalue weighted by molar-refractivity contribution is 6.00. The van der Waals surface area contributed by atoms with Crippen LogP contribution in [0.5, 0.6) is 0 Å². The van der Waals surface area contributed by atoms with Crippen LogP contribution in [0.2, 0.25) is 0 Å². The van der Waals surface area contributed by atoms with Crippen molar-refractivity contribution in [3.63, 3.8) is 0 Å². The average molecular weight is 284 g/mol. The third-order valence-electron chi connectivity index (χ3n) is 4.06. The summed E-state index contributed by atoms with van der Waals surface area (Å²) >= 11 is 0. The first-order chi connectivity index (χ1) is 10.1. The van der Waals surface area contributed by atoms with Gasteiger partial charge in [0.25, 0.3) is 0 Å².